The summed E-state index contributed by atoms with van der Waals surface area (Å²) in [7, 11) is 6.89. The van der Waals surface area contributed by atoms with Crippen molar-refractivity contribution in [3.63, 3.8) is 0 Å². The van der Waals surface area contributed by atoms with Gasteiger partial charge >= 0.3 is 0 Å². The van der Waals surface area contributed by atoms with Crippen molar-refractivity contribution in [2.45, 2.75) is 196 Å². The number of hydrogen-bond acceptors (Lipinski definition) is 11. The molecular weight excluding hydrogens is 1450 g/mol. The molecule has 16 heteroatoms. The molecule has 6 atom stereocenters. The Labute approximate surface area is 683 Å². The summed E-state index contributed by atoms with van der Waals surface area (Å²) in [5.74, 6) is 8.89. The number of methoxy groups -OCH3 is 3. The molecule has 7 aromatic rings. The second kappa shape index (κ2) is 38.9. The molecule has 0 radical (unpaired) electrons. The van der Waals surface area contributed by atoms with Gasteiger partial charge in [-0.3, -0.25) is 9.59 Å². The van der Waals surface area contributed by atoms with Gasteiger partial charge in [-0.2, -0.15) is 0 Å². The molecule has 7 aromatic carbocycles. The van der Waals surface area contributed by atoms with Crippen LogP contribution in [-0.4, -0.2) is 181 Å². The van der Waals surface area contributed by atoms with Crippen LogP contribution in [-0.2, 0) is 9.47 Å². The van der Waals surface area contributed by atoms with Crippen LogP contribution in [0.4, 0.5) is 4.39 Å². The molecule has 11 aliphatic rings. The van der Waals surface area contributed by atoms with E-state index in [1.807, 2.05) is 59.5 Å². The summed E-state index contributed by atoms with van der Waals surface area (Å²) < 4.78 is 42.3. The highest BCUT2D eigenvalue weighted by Gasteiger charge is 2.45. The highest BCUT2D eigenvalue weighted by molar-refractivity contribution is 6.34. The Morgan fingerprint density at radius 2 is 0.858 bits per heavy atom. The molecule has 2 amide bonds. The number of rotatable bonds is 16. The van der Waals surface area contributed by atoms with Crippen LogP contribution in [0, 0.1) is 29.5 Å². The van der Waals surface area contributed by atoms with Crippen LogP contribution >= 0.6 is 23.2 Å². The molecule has 6 saturated heterocycles. The second-order valence-corrected chi connectivity index (χ2v) is 35.3. The summed E-state index contributed by atoms with van der Waals surface area (Å²) in [6, 6.07) is 51.5. The molecule has 604 valence electrons. The topological polar surface area (TPSA) is 109 Å². The van der Waals surface area contributed by atoms with E-state index in [-0.39, 0.29) is 17.6 Å². The van der Waals surface area contributed by atoms with E-state index in [4.69, 9.17) is 46.9 Å². The molecule has 6 heterocycles. The lowest BCUT2D eigenvalue weighted by molar-refractivity contribution is 0.0251. The molecule has 6 aliphatic heterocycles. The highest BCUT2D eigenvalue weighted by Crippen LogP contribution is 2.51. The standard InChI is InChI=1S/C30H38N2O3.C25H31ClN2O3.C24H28FN.C18H26ClNO/c1-34-29-9-8-25(22-4-6-24(7-5-22)30(33)32-14-16-35-17-15-32)20-27(29)23-10-12-31(13-11-23)28-19-21-2-3-26(28)18-21;1-27-25(29)21-5-3-19(16-23(21)26)18-4-6-24(30-2)22(15-18)17-7-11-28(12-8-17)20-9-13-31-14-10-20;25-23-8-4-3-7-22(23)21-6-2-1-5-20(21)18-11-13-26(14-12-18)24-16-17-9-10-19(24)15-17;1-21-18-8-7-15(19)13-17(18)14-9-11-20(12-10-14)16-5-3-2-4-6-16/h4-9,20-21,23,26,28H,2-3,10-19H2,1H3;3-6,15-17,20H,7-14H2,1-2H3,(H,27,29);1-8,17-19,24H,9-16H2;7-8,13-14,16H,2-6,9-12H2,1H3/t21-,26-,28-;;17-,19-,24-;/m0.0./s1. The Bertz CT molecular complexity index is 4260. The van der Waals surface area contributed by atoms with Crippen molar-refractivity contribution in [1.29, 1.82) is 0 Å². The summed E-state index contributed by atoms with van der Waals surface area (Å²) in [6.07, 6.45) is 30.7. The zero-order valence-corrected chi connectivity index (χ0v) is 69.2. The van der Waals surface area contributed by atoms with E-state index >= 15 is 0 Å². The fourth-order valence-electron chi connectivity index (χ4n) is 22.1. The third kappa shape index (κ3) is 19.6. The van der Waals surface area contributed by atoms with Crippen LogP contribution < -0.4 is 19.5 Å². The number of halogens is 3. The van der Waals surface area contributed by atoms with Gasteiger partial charge in [0.15, 0.2) is 0 Å². The van der Waals surface area contributed by atoms with E-state index in [1.54, 1.807) is 46.6 Å². The molecule has 0 spiro atoms. The van der Waals surface area contributed by atoms with Gasteiger partial charge in [0.05, 0.1) is 45.1 Å². The third-order valence-electron chi connectivity index (χ3n) is 28.3. The van der Waals surface area contributed by atoms with Gasteiger partial charge in [0, 0.05) is 73.7 Å². The van der Waals surface area contributed by atoms with E-state index in [9.17, 15) is 14.0 Å². The van der Waals surface area contributed by atoms with Crippen molar-refractivity contribution in [2.75, 3.05) is 120 Å². The Morgan fingerprint density at radius 1 is 0.416 bits per heavy atom. The minimum Gasteiger partial charge on any atom is -0.496 e. The van der Waals surface area contributed by atoms with Crippen LogP contribution in [0.5, 0.6) is 17.2 Å². The van der Waals surface area contributed by atoms with Crippen molar-refractivity contribution >= 4 is 35.0 Å². The van der Waals surface area contributed by atoms with Crippen molar-refractivity contribution in [2.24, 2.45) is 23.7 Å². The van der Waals surface area contributed by atoms with Crippen molar-refractivity contribution in [1.82, 2.24) is 29.8 Å². The molecule has 5 saturated carbocycles. The molecule has 0 aromatic heterocycles. The quantitative estimate of drug-likeness (QED) is 0.0999. The molecule has 113 heavy (non-hydrogen) atoms. The van der Waals surface area contributed by atoms with Gasteiger partial charge in [0.2, 0.25) is 0 Å². The van der Waals surface area contributed by atoms with E-state index in [0.717, 1.165) is 149 Å². The van der Waals surface area contributed by atoms with Crippen LogP contribution in [0.1, 0.15) is 214 Å². The third-order valence-corrected chi connectivity index (χ3v) is 28.9. The molecule has 18 rings (SSSR count). The zero-order chi connectivity index (χ0) is 77.7. The average Bonchev–Trinajstić information content (AvgIpc) is 1.24. The Balaban J connectivity index is 0.000000121. The van der Waals surface area contributed by atoms with E-state index < -0.39 is 0 Å². The Hall–Kier alpha value is -6.85. The summed E-state index contributed by atoms with van der Waals surface area (Å²) in [5.41, 5.74) is 12.7. The molecule has 5 aliphatic carbocycles. The maximum absolute atomic E-state index is 14.4. The Morgan fingerprint density at radius 3 is 1.35 bits per heavy atom. The van der Waals surface area contributed by atoms with E-state index in [1.165, 1.54) is 189 Å². The molecule has 11 fully saturated rings. The van der Waals surface area contributed by atoms with Gasteiger partial charge in [-0.15, -0.1) is 0 Å². The average molecular weight is 1570 g/mol. The first kappa shape index (κ1) is 81.3. The predicted molar refractivity (Wildman–Crippen MR) is 455 cm³/mol. The maximum atomic E-state index is 14.4. The molecule has 1 N–H and O–H groups in total. The summed E-state index contributed by atoms with van der Waals surface area (Å²) in [5, 5.41) is 3.90. The van der Waals surface area contributed by atoms with Gasteiger partial charge in [-0.1, -0.05) is 128 Å². The number of fused-ring (bicyclic) bond motifs is 4. The zero-order valence-electron chi connectivity index (χ0n) is 67.7. The number of benzene rings is 7. The lowest BCUT2D eigenvalue weighted by Gasteiger charge is -2.40. The fourth-order valence-corrected chi connectivity index (χ4v) is 22.5. The van der Waals surface area contributed by atoms with Gasteiger partial charge in [-0.05, 0) is 338 Å². The number of hydrogen-bond donors (Lipinski definition) is 1. The van der Waals surface area contributed by atoms with Crippen molar-refractivity contribution < 1.29 is 37.7 Å². The lowest BCUT2D eigenvalue weighted by atomic mass is 9.83. The first-order chi connectivity index (χ1) is 55.4. The minimum absolute atomic E-state index is 0.0949. The van der Waals surface area contributed by atoms with Crippen molar-refractivity contribution in [3.05, 3.63) is 195 Å². The lowest BCUT2D eigenvalue weighted by Crippen LogP contribution is -2.43. The second-order valence-electron chi connectivity index (χ2n) is 34.5. The monoisotopic (exact) mass is 1570 g/mol. The number of piperidine rings is 4. The molecule has 0 unspecified atom stereocenters. The molecular formula is C97H123Cl2FN6O7. The number of carbonyl (C=O) groups excluding carboxylic acids is 2. The van der Waals surface area contributed by atoms with Gasteiger partial charge in [-0.25, -0.2) is 4.39 Å². The highest BCUT2D eigenvalue weighted by atomic mass is 35.5. The van der Waals surface area contributed by atoms with E-state index in [2.05, 4.69) is 97.7 Å². The summed E-state index contributed by atoms with van der Waals surface area (Å²) >= 11 is 12.6. The number of nitrogens with one attached hydrogen (secondary N) is 1. The molecule has 13 nitrogen and oxygen atoms in total. The SMILES string of the molecule is CNC(=O)c1ccc(-c2ccc(OC)c(C3CCN(C4CCOCC4)CC3)c2)cc1Cl.COc1ccc(-c2ccc(C(=O)N3CCOCC3)cc2)cc1C1CCN([C@H]2C[C@H]3CC[C@H]2C3)CC1.COc1ccc(Cl)cc1C1CCN(C2CCCCC2)CC1.Fc1ccccc1-c1ccccc1C1CCN([C@H]2C[C@H]3CC[C@H]2C3)CC1. The first-order valence-electron chi connectivity index (χ1n) is 43.4. The van der Waals surface area contributed by atoms with Crippen LogP contribution in [0.3, 0.4) is 0 Å². The largest absolute Gasteiger partial charge is 0.496 e. The Kier molecular flexibility index (Phi) is 28.0. The predicted octanol–water partition coefficient (Wildman–Crippen LogP) is 20.7. The van der Waals surface area contributed by atoms with Crippen LogP contribution in [0.15, 0.2) is 146 Å². The van der Waals surface area contributed by atoms with Gasteiger partial charge in [0.25, 0.3) is 11.8 Å². The maximum Gasteiger partial charge on any atom is 0.254 e. The summed E-state index contributed by atoms with van der Waals surface area (Å²) in [4.78, 5) is 37.6. The number of nitrogens with zero attached hydrogens (tertiary/aromatic N) is 5. The smallest absolute Gasteiger partial charge is 0.254 e. The van der Waals surface area contributed by atoms with Gasteiger partial charge < -0.3 is 53.5 Å². The first-order valence-corrected chi connectivity index (χ1v) is 44.2. The minimum atomic E-state index is -0.178. The van der Waals surface area contributed by atoms with Gasteiger partial charge in [0.1, 0.15) is 23.1 Å². The normalized spacial score (nSPS) is 24.5. The number of amides is 2. The summed E-state index contributed by atoms with van der Waals surface area (Å²) in [6.45, 7) is 13.9. The fraction of sp³-hybridized carbons (Fsp3) is 0.546. The number of likely N-dealkylation sites (tertiary alicyclic amines) is 4. The van der Waals surface area contributed by atoms with Crippen LogP contribution in [0.25, 0.3) is 33.4 Å². The molecule has 4 bridgehead atoms. The van der Waals surface area contributed by atoms with E-state index in [0.29, 0.717) is 66.6 Å². The number of morpholine rings is 1. The number of ether oxygens (including phenoxy) is 5. The number of carbonyl (C=O) groups is 2. The van der Waals surface area contributed by atoms with Crippen LogP contribution in [0.2, 0.25) is 10.0 Å². The van der Waals surface area contributed by atoms with Crippen molar-refractivity contribution in [3.8, 4) is 50.6 Å².